The molecule has 0 radical (unpaired) electrons. The fraction of sp³-hybridized carbons (Fsp3) is 0.389. The highest BCUT2D eigenvalue weighted by molar-refractivity contribution is 7.19. The van der Waals surface area contributed by atoms with E-state index in [1.165, 1.54) is 40.0 Å². The quantitative estimate of drug-likeness (QED) is 0.669. The summed E-state index contributed by atoms with van der Waals surface area (Å²) in [6, 6.07) is 3.72. The van der Waals surface area contributed by atoms with E-state index >= 15 is 0 Å². The van der Waals surface area contributed by atoms with E-state index in [0.717, 1.165) is 34.2 Å². The van der Waals surface area contributed by atoms with E-state index in [4.69, 9.17) is 0 Å². The number of nitrogens with zero attached hydrogens (tertiary/aromatic N) is 2. The molecule has 25 heavy (non-hydrogen) atoms. The lowest BCUT2D eigenvalue weighted by molar-refractivity contribution is 0.0959. The number of fused-ring (bicyclic) bond motifs is 3. The van der Waals surface area contributed by atoms with Crippen molar-refractivity contribution in [3.05, 3.63) is 38.7 Å². The van der Waals surface area contributed by atoms with Crippen molar-refractivity contribution in [2.24, 2.45) is 0 Å². The van der Waals surface area contributed by atoms with Crippen molar-refractivity contribution in [2.45, 2.75) is 32.6 Å². The van der Waals surface area contributed by atoms with Gasteiger partial charge in [-0.25, -0.2) is 9.97 Å². The molecule has 3 aromatic heterocycles. The highest BCUT2D eigenvalue weighted by atomic mass is 32.1. The number of thiophene rings is 2. The summed E-state index contributed by atoms with van der Waals surface area (Å²) in [5.74, 6) is 1.68. The fourth-order valence-electron chi connectivity index (χ4n) is 3.24. The topological polar surface area (TPSA) is 66.9 Å². The molecule has 3 aromatic rings. The van der Waals surface area contributed by atoms with Crippen molar-refractivity contribution in [1.82, 2.24) is 15.3 Å². The van der Waals surface area contributed by atoms with Crippen LogP contribution >= 0.6 is 22.7 Å². The number of rotatable bonds is 5. The molecule has 3 heterocycles. The van der Waals surface area contributed by atoms with Gasteiger partial charge in [0.05, 0.1) is 10.3 Å². The second-order valence-corrected chi connectivity index (χ2v) is 8.20. The summed E-state index contributed by atoms with van der Waals surface area (Å²) in [6.45, 7) is 3.14. The van der Waals surface area contributed by atoms with E-state index in [2.05, 4.69) is 20.6 Å². The summed E-state index contributed by atoms with van der Waals surface area (Å²) in [7, 11) is 0. The summed E-state index contributed by atoms with van der Waals surface area (Å²) in [5, 5.41) is 9.45. The number of hydrogen-bond donors (Lipinski definition) is 2. The van der Waals surface area contributed by atoms with Gasteiger partial charge in [-0.1, -0.05) is 6.07 Å². The summed E-state index contributed by atoms with van der Waals surface area (Å²) in [4.78, 5) is 24.5. The zero-order valence-corrected chi connectivity index (χ0v) is 15.7. The molecule has 0 fully saturated rings. The van der Waals surface area contributed by atoms with Crippen molar-refractivity contribution in [1.29, 1.82) is 0 Å². The van der Waals surface area contributed by atoms with Gasteiger partial charge in [0.1, 0.15) is 16.5 Å². The third-order valence-electron chi connectivity index (χ3n) is 4.37. The first-order valence-corrected chi connectivity index (χ1v) is 10.3. The van der Waals surface area contributed by atoms with Crippen LogP contribution in [0.1, 0.15) is 38.8 Å². The molecular weight excluding hydrogens is 352 g/mol. The first-order chi connectivity index (χ1) is 12.2. The van der Waals surface area contributed by atoms with E-state index < -0.39 is 0 Å². The number of carbonyl (C=O) groups is 1. The van der Waals surface area contributed by atoms with Crippen molar-refractivity contribution in [3.8, 4) is 0 Å². The molecule has 0 aliphatic heterocycles. The summed E-state index contributed by atoms with van der Waals surface area (Å²) < 4.78 is 0. The van der Waals surface area contributed by atoms with E-state index in [-0.39, 0.29) is 5.91 Å². The standard InChI is InChI=1S/C18H20N4OS2/c1-11-21-16(19-8-9-20-17(23)14-7-4-10-24-14)15-12-5-2-3-6-13(12)25-18(15)22-11/h4,7,10H,2-3,5-6,8-9H2,1H3,(H,20,23)(H,19,21,22). The van der Waals surface area contributed by atoms with Crippen molar-refractivity contribution >= 4 is 44.6 Å². The average molecular weight is 373 g/mol. The fourth-order valence-corrected chi connectivity index (χ4v) is 5.19. The van der Waals surface area contributed by atoms with Crippen LogP contribution in [-0.2, 0) is 12.8 Å². The molecule has 5 nitrogen and oxygen atoms in total. The van der Waals surface area contributed by atoms with E-state index in [1.807, 2.05) is 35.8 Å². The lowest BCUT2D eigenvalue weighted by atomic mass is 9.97. The van der Waals surface area contributed by atoms with Gasteiger partial charge in [0.2, 0.25) is 0 Å². The second-order valence-electron chi connectivity index (χ2n) is 6.17. The molecule has 0 aromatic carbocycles. The van der Waals surface area contributed by atoms with Crippen LogP contribution < -0.4 is 10.6 Å². The Morgan fingerprint density at radius 1 is 1.24 bits per heavy atom. The maximum atomic E-state index is 12.0. The molecule has 7 heteroatoms. The monoisotopic (exact) mass is 372 g/mol. The van der Waals surface area contributed by atoms with Crippen molar-refractivity contribution < 1.29 is 4.79 Å². The summed E-state index contributed by atoms with van der Waals surface area (Å²) in [5.41, 5.74) is 1.43. The minimum absolute atomic E-state index is 0.0197. The molecule has 1 aliphatic carbocycles. The van der Waals surface area contributed by atoms with Gasteiger partial charge in [-0.2, -0.15) is 0 Å². The largest absolute Gasteiger partial charge is 0.368 e. The van der Waals surface area contributed by atoms with Gasteiger partial charge in [-0.05, 0) is 49.6 Å². The highest BCUT2D eigenvalue weighted by Crippen LogP contribution is 2.38. The Morgan fingerprint density at radius 3 is 2.96 bits per heavy atom. The van der Waals surface area contributed by atoms with Crippen LogP contribution in [0, 0.1) is 6.92 Å². The minimum atomic E-state index is -0.0197. The van der Waals surface area contributed by atoms with Crippen LogP contribution in [0.5, 0.6) is 0 Å². The Kier molecular flexibility index (Phi) is 4.67. The number of hydrogen-bond acceptors (Lipinski definition) is 6. The molecule has 0 spiro atoms. The van der Waals surface area contributed by atoms with Gasteiger partial charge in [-0.3, -0.25) is 4.79 Å². The van der Waals surface area contributed by atoms with Gasteiger partial charge in [0.25, 0.3) is 5.91 Å². The SMILES string of the molecule is Cc1nc(NCCNC(=O)c2cccs2)c2c3c(sc2n1)CCCC3. The number of aromatic nitrogens is 2. The zero-order valence-electron chi connectivity index (χ0n) is 14.1. The molecular formula is C18H20N4OS2. The molecule has 0 bridgehead atoms. The van der Waals surface area contributed by atoms with Crippen molar-refractivity contribution in [2.75, 3.05) is 18.4 Å². The van der Waals surface area contributed by atoms with Crippen LogP contribution in [0.3, 0.4) is 0 Å². The number of nitrogens with one attached hydrogen (secondary N) is 2. The smallest absolute Gasteiger partial charge is 0.261 e. The maximum Gasteiger partial charge on any atom is 0.261 e. The average Bonchev–Trinajstić information content (AvgIpc) is 3.25. The van der Waals surface area contributed by atoms with Gasteiger partial charge in [-0.15, -0.1) is 22.7 Å². The highest BCUT2D eigenvalue weighted by Gasteiger charge is 2.20. The third-order valence-corrected chi connectivity index (χ3v) is 6.43. The molecule has 130 valence electrons. The van der Waals surface area contributed by atoms with Crippen LogP contribution in [0.4, 0.5) is 5.82 Å². The number of aryl methyl sites for hydroxylation is 3. The Labute approximate surface area is 154 Å². The number of carbonyl (C=O) groups excluding carboxylic acids is 1. The molecule has 0 atom stereocenters. The minimum Gasteiger partial charge on any atom is -0.368 e. The normalized spacial score (nSPS) is 13.6. The Hall–Kier alpha value is -1.99. The lowest BCUT2D eigenvalue weighted by Gasteiger charge is -2.13. The summed E-state index contributed by atoms with van der Waals surface area (Å²) >= 11 is 3.27. The molecule has 0 saturated carbocycles. The van der Waals surface area contributed by atoms with Crippen LogP contribution in [-0.4, -0.2) is 29.0 Å². The summed E-state index contributed by atoms with van der Waals surface area (Å²) in [6.07, 6.45) is 4.78. The lowest BCUT2D eigenvalue weighted by Crippen LogP contribution is -2.28. The van der Waals surface area contributed by atoms with Gasteiger partial charge >= 0.3 is 0 Å². The second kappa shape index (κ2) is 7.09. The first kappa shape index (κ1) is 16.5. The molecule has 1 aliphatic rings. The number of amides is 1. The van der Waals surface area contributed by atoms with Crippen LogP contribution in [0.15, 0.2) is 17.5 Å². The van der Waals surface area contributed by atoms with E-state index in [1.54, 1.807) is 0 Å². The molecule has 0 unspecified atom stereocenters. The van der Waals surface area contributed by atoms with Gasteiger partial charge in [0, 0.05) is 18.0 Å². The molecule has 0 saturated heterocycles. The zero-order chi connectivity index (χ0) is 17.2. The third kappa shape index (κ3) is 3.39. The van der Waals surface area contributed by atoms with Crippen LogP contribution in [0.2, 0.25) is 0 Å². The Morgan fingerprint density at radius 2 is 2.12 bits per heavy atom. The number of anilines is 1. The van der Waals surface area contributed by atoms with E-state index in [0.29, 0.717) is 13.1 Å². The van der Waals surface area contributed by atoms with Gasteiger partial charge < -0.3 is 10.6 Å². The van der Waals surface area contributed by atoms with Crippen LogP contribution in [0.25, 0.3) is 10.2 Å². The molecule has 4 rings (SSSR count). The Balaban J connectivity index is 1.47. The van der Waals surface area contributed by atoms with Gasteiger partial charge in [0.15, 0.2) is 0 Å². The van der Waals surface area contributed by atoms with Crippen molar-refractivity contribution in [3.63, 3.8) is 0 Å². The molecule has 1 amide bonds. The predicted octanol–water partition coefficient (Wildman–Crippen LogP) is 3.78. The maximum absolute atomic E-state index is 12.0. The Bertz CT molecular complexity index is 902. The predicted molar refractivity (Wildman–Crippen MR) is 104 cm³/mol. The molecule has 2 N–H and O–H groups in total. The van der Waals surface area contributed by atoms with E-state index in [9.17, 15) is 4.79 Å². The first-order valence-electron chi connectivity index (χ1n) is 8.57.